The molecule has 0 aliphatic rings. The summed E-state index contributed by atoms with van der Waals surface area (Å²) in [6, 6.07) is 0. The second kappa shape index (κ2) is 8.01. The van der Waals surface area contributed by atoms with E-state index in [1.54, 1.807) is 0 Å². The fourth-order valence-electron chi connectivity index (χ4n) is 0.954. The van der Waals surface area contributed by atoms with Gasteiger partial charge < -0.3 is 15.4 Å². The molecule has 0 spiro atoms. The van der Waals surface area contributed by atoms with Crippen LogP contribution in [-0.4, -0.2) is 39.3 Å². The summed E-state index contributed by atoms with van der Waals surface area (Å²) in [4.78, 5) is 11.1. The van der Waals surface area contributed by atoms with E-state index in [4.69, 9.17) is 4.74 Å². The zero-order valence-electron chi connectivity index (χ0n) is 8.72. The number of hydrogen-bond donors (Lipinski definition) is 2. The maximum Gasteiger partial charge on any atom is 0.246 e. The highest BCUT2D eigenvalue weighted by atomic mass is 16.5. The molecule has 78 valence electrons. The van der Waals surface area contributed by atoms with Crippen LogP contribution in [0.4, 0.5) is 0 Å². The highest BCUT2D eigenvalue weighted by molar-refractivity contribution is 5.77. The summed E-state index contributed by atoms with van der Waals surface area (Å²) in [6.07, 6.45) is 0. The SMILES string of the molecule is CCOCC(=O)NCC(C)CNC. The van der Waals surface area contributed by atoms with Gasteiger partial charge in [-0.25, -0.2) is 0 Å². The molecule has 0 saturated carbocycles. The molecule has 4 nitrogen and oxygen atoms in total. The van der Waals surface area contributed by atoms with Crippen LogP contribution in [0.5, 0.6) is 0 Å². The highest BCUT2D eigenvalue weighted by Crippen LogP contribution is 1.88. The minimum atomic E-state index is -0.0372. The lowest BCUT2D eigenvalue weighted by molar-refractivity contribution is -0.125. The summed E-state index contributed by atoms with van der Waals surface area (Å²) >= 11 is 0. The Kier molecular flexibility index (Phi) is 7.63. The fourth-order valence-corrected chi connectivity index (χ4v) is 0.954. The molecule has 0 aromatic rings. The molecule has 0 aliphatic carbocycles. The lowest BCUT2D eigenvalue weighted by atomic mass is 10.2. The van der Waals surface area contributed by atoms with Gasteiger partial charge in [0, 0.05) is 13.2 Å². The van der Waals surface area contributed by atoms with Crippen LogP contribution in [0.2, 0.25) is 0 Å². The van der Waals surface area contributed by atoms with E-state index in [1.807, 2.05) is 14.0 Å². The Morgan fingerprint density at radius 3 is 2.69 bits per heavy atom. The number of amides is 1. The average molecular weight is 188 g/mol. The third kappa shape index (κ3) is 7.74. The van der Waals surface area contributed by atoms with Crippen molar-refractivity contribution in [3.8, 4) is 0 Å². The summed E-state index contributed by atoms with van der Waals surface area (Å²) in [5.41, 5.74) is 0. The quantitative estimate of drug-likeness (QED) is 0.591. The smallest absolute Gasteiger partial charge is 0.246 e. The zero-order valence-corrected chi connectivity index (χ0v) is 8.72. The molecule has 1 atom stereocenters. The van der Waals surface area contributed by atoms with Gasteiger partial charge in [0.15, 0.2) is 0 Å². The first-order chi connectivity index (χ1) is 6.20. The Hall–Kier alpha value is -0.610. The summed E-state index contributed by atoms with van der Waals surface area (Å²) in [6.45, 7) is 6.32. The molecule has 0 bridgehead atoms. The second-order valence-corrected chi connectivity index (χ2v) is 3.10. The van der Waals surface area contributed by atoms with Crippen LogP contribution in [0.1, 0.15) is 13.8 Å². The Balaban J connectivity index is 3.34. The molecule has 1 amide bonds. The number of carbonyl (C=O) groups excluding carboxylic acids is 1. The van der Waals surface area contributed by atoms with Crippen molar-refractivity contribution in [2.75, 3.05) is 33.4 Å². The van der Waals surface area contributed by atoms with Crippen molar-refractivity contribution in [1.82, 2.24) is 10.6 Å². The molecule has 0 heterocycles. The first kappa shape index (κ1) is 12.4. The van der Waals surface area contributed by atoms with E-state index in [0.29, 0.717) is 19.1 Å². The highest BCUT2D eigenvalue weighted by Gasteiger charge is 2.03. The largest absolute Gasteiger partial charge is 0.372 e. The number of carbonyl (C=O) groups is 1. The van der Waals surface area contributed by atoms with Crippen molar-refractivity contribution in [3.63, 3.8) is 0 Å². The summed E-state index contributed by atoms with van der Waals surface area (Å²) < 4.78 is 4.96. The van der Waals surface area contributed by atoms with Gasteiger partial charge in [0.2, 0.25) is 5.91 Å². The minimum absolute atomic E-state index is 0.0372. The van der Waals surface area contributed by atoms with Crippen molar-refractivity contribution in [2.24, 2.45) is 5.92 Å². The van der Waals surface area contributed by atoms with Gasteiger partial charge in [-0.15, -0.1) is 0 Å². The van der Waals surface area contributed by atoms with Crippen molar-refractivity contribution >= 4 is 5.91 Å². The Labute approximate surface area is 80.0 Å². The van der Waals surface area contributed by atoms with Crippen LogP contribution in [0.15, 0.2) is 0 Å². The monoisotopic (exact) mass is 188 g/mol. The molecular formula is C9H20N2O2. The summed E-state index contributed by atoms with van der Waals surface area (Å²) in [5.74, 6) is 0.417. The Morgan fingerprint density at radius 2 is 2.15 bits per heavy atom. The van der Waals surface area contributed by atoms with Gasteiger partial charge in [-0.3, -0.25) is 4.79 Å². The maximum atomic E-state index is 11.1. The second-order valence-electron chi connectivity index (χ2n) is 3.10. The fraction of sp³-hybridized carbons (Fsp3) is 0.889. The van der Waals surface area contributed by atoms with Crippen molar-refractivity contribution < 1.29 is 9.53 Å². The number of hydrogen-bond acceptors (Lipinski definition) is 3. The molecule has 0 aliphatic heterocycles. The van der Waals surface area contributed by atoms with Crippen molar-refractivity contribution in [3.05, 3.63) is 0 Å². The molecule has 0 saturated heterocycles. The van der Waals surface area contributed by atoms with Gasteiger partial charge in [0.05, 0.1) is 0 Å². The van der Waals surface area contributed by atoms with Gasteiger partial charge in [-0.2, -0.15) is 0 Å². The standard InChI is InChI=1S/C9H20N2O2/c1-4-13-7-9(12)11-6-8(2)5-10-3/h8,10H,4-7H2,1-3H3,(H,11,12). The van der Waals surface area contributed by atoms with E-state index in [0.717, 1.165) is 6.54 Å². The average Bonchev–Trinajstić information content (AvgIpc) is 2.12. The van der Waals surface area contributed by atoms with E-state index in [2.05, 4.69) is 17.6 Å². The first-order valence-corrected chi connectivity index (χ1v) is 4.69. The van der Waals surface area contributed by atoms with E-state index in [9.17, 15) is 4.79 Å². The zero-order chi connectivity index (χ0) is 10.1. The van der Waals surface area contributed by atoms with Gasteiger partial charge in [0.25, 0.3) is 0 Å². The van der Waals surface area contributed by atoms with E-state index in [1.165, 1.54) is 0 Å². The Morgan fingerprint density at radius 1 is 1.46 bits per heavy atom. The van der Waals surface area contributed by atoms with Gasteiger partial charge >= 0.3 is 0 Å². The number of nitrogens with one attached hydrogen (secondary N) is 2. The Bertz CT molecular complexity index is 140. The summed E-state index contributed by atoms with van der Waals surface area (Å²) in [7, 11) is 1.90. The molecule has 0 rings (SSSR count). The van der Waals surface area contributed by atoms with Crippen LogP contribution in [0.3, 0.4) is 0 Å². The predicted molar refractivity (Wildman–Crippen MR) is 52.6 cm³/mol. The first-order valence-electron chi connectivity index (χ1n) is 4.69. The molecule has 4 heteroatoms. The number of rotatable bonds is 7. The van der Waals surface area contributed by atoms with E-state index < -0.39 is 0 Å². The lowest BCUT2D eigenvalue weighted by Crippen LogP contribution is -2.34. The van der Waals surface area contributed by atoms with E-state index in [-0.39, 0.29) is 12.5 Å². The van der Waals surface area contributed by atoms with Gasteiger partial charge in [-0.1, -0.05) is 6.92 Å². The normalized spacial score (nSPS) is 12.5. The molecule has 13 heavy (non-hydrogen) atoms. The van der Waals surface area contributed by atoms with Crippen LogP contribution < -0.4 is 10.6 Å². The lowest BCUT2D eigenvalue weighted by Gasteiger charge is -2.11. The molecular weight excluding hydrogens is 168 g/mol. The molecule has 2 N–H and O–H groups in total. The molecule has 0 fully saturated rings. The van der Waals surface area contributed by atoms with Gasteiger partial charge in [0.1, 0.15) is 6.61 Å². The van der Waals surface area contributed by atoms with Gasteiger partial charge in [-0.05, 0) is 26.4 Å². The van der Waals surface area contributed by atoms with Crippen LogP contribution in [-0.2, 0) is 9.53 Å². The summed E-state index contributed by atoms with van der Waals surface area (Å²) in [5, 5.41) is 5.85. The third-order valence-electron chi connectivity index (χ3n) is 1.64. The minimum Gasteiger partial charge on any atom is -0.372 e. The van der Waals surface area contributed by atoms with Crippen LogP contribution in [0.25, 0.3) is 0 Å². The van der Waals surface area contributed by atoms with Crippen LogP contribution >= 0.6 is 0 Å². The maximum absolute atomic E-state index is 11.1. The number of ether oxygens (including phenoxy) is 1. The van der Waals surface area contributed by atoms with Crippen LogP contribution in [0, 0.1) is 5.92 Å². The molecule has 0 aromatic heterocycles. The molecule has 0 radical (unpaired) electrons. The third-order valence-corrected chi connectivity index (χ3v) is 1.64. The van der Waals surface area contributed by atoms with Crippen molar-refractivity contribution in [2.45, 2.75) is 13.8 Å². The topological polar surface area (TPSA) is 50.4 Å². The predicted octanol–water partition coefficient (Wildman–Crippen LogP) is -0.00540. The van der Waals surface area contributed by atoms with E-state index >= 15 is 0 Å². The molecule has 0 aromatic carbocycles. The van der Waals surface area contributed by atoms with Crippen molar-refractivity contribution in [1.29, 1.82) is 0 Å². The molecule has 1 unspecified atom stereocenters.